The third-order valence-corrected chi connectivity index (χ3v) is 3.59. The lowest BCUT2D eigenvalue weighted by Crippen LogP contribution is -2.14. The Bertz CT molecular complexity index is 297. The monoisotopic (exact) mass is 348 g/mol. The highest BCUT2D eigenvalue weighted by atomic mass is 79.9. The minimum absolute atomic E-state index is 0.148. The van der Waals surface area contributed by atoms with Crippen molar-refractivity contribution >= 4 is 31.9 Å². The normalized spacial score (nSPS) is 14.8. The van der Waals surface area contributed by atoms with Crippen LogP contribution in [-0.2, 0) is 4.74 Å². The average molecular weight is 350 g/mol. The van der Waals surface area contributed by atoms with Gasteiger partial charge in [0, 0.05) is 9.80 Å². The predicted molar refractivity (Wildman–Crippen MR) is 76.1 cm³/mol. The Labute approximate surface area is 115 Å². The summed E-state index contributed by atoms with van der Waals surface area (Å²) < 4.78 is 7.11. The average Bonchev–Trinajstić information content (AvgIpc) is 2.27. The molecule has 3 heteroatoms. The fourth-order valence-corrected chi connectivity index (χ4v) is 2.43. The first kappa shape index (κ1) is 14.2. The van der Waals surface area contributed by atoms with Crippen molar-refractivity contribution in [3.8, 4) is 0 Å². The van der Waals surface area contributed by atoms with Gasteiger partial charge >= 0.3 is 0 Å². The van der Waals surface area contributed by atoms with Gasteiger partial charge in [0.15, 0.2) is 0 Å². The van der Waals surface area contributed by atoms with E-state index in [0.29, 0.717) is 6.10 Å². The first-order chi connectivity index (χ1) is 7.67. The van der Waals surface area contributed by atoms with Gasteiger partial charge in [-0.1, -0.05) is 57.3 Å². The minimum atomic E-state index is 0.148. The molecule has 1 aromatic carbocycles. The molecule has 0 aromatic heterocycles. The Kier molecular flexibility index (Phi) is 6.62. The molecular weight excluding hydrogens is 332 g/mol. The number of hydrogen-bond donors (Lipinski definition) is 0. The smallest absolute Gasteiger partial charge is 0.0925 e. The zero-order valence-electron chi connectivity index (χ0n) is 9.75. The molecule has 0 aliphatic heterocycles. The van der Waals surface area contributed by atoms with Gasteiger partial charge in [-0.15, -0.1) is 0 Å². The van der Waals surface area contributed by atoms with Gasteiger partial charge < -0.3 is 4.74 Å². The molecular formula is C13H18Br2O. The van der Waals surface area contributed by atoms with Crippen molar-refractivity contribution in [1.29, 1.82) is 0 Å². The topological polar surface area (TPSA) is 9.23 Å². The van der Waals surface area contributed by atoms with Crippen LogP contribution in [0.15, 0.2) is 28.7 Å². The fraction of sp³-hybridized carbons (Fsp3) is 0.538. The van der Waals surface area contributed by atoms with Gasteiger partial charge in [-0.3, -0.25) is 0 Å². The molecule has 90 valence electrons. The third kappa shape index (κ3) is 4.56. The van der Waals surface area contributed by atoms with Crippen molar-refractivity contribution in [1.82, 2.24) is 0 Å². The van der Waals surface area contributed by atoms with Crippen molar-refractivity contribution in [2.24, 2.45) is 0 Å². The SMILES string of the molecule is CCCC(C)OC(CBr)c1ccc(Br)cc1. The predicted octanol–water partition coefficient (Wildman–Crippen LogP) is 5.09. The molecule has 1 rings (SSSR count). The number of alkyl halides is 1. The van der Waals surface area contributed by atoms with Crippen LogP contribution in [0.25, 0.3) is 0 Å². The van der Waals surface area contributed by atoms with Crippen molar-refractivity contribution in [2.45, 2.75) is 38.9 Å². The van der Waals surface area contributed by atoms with Crippen molar-refractivity contribution in [3.05, 3.63) is 34.3 Å². The van der Waals surface area contributed by atoms with Gasteiger partial charge in [-0.05, 0) is 31.0 Å². The molecule has 0 fully saturated rings. The first-order valence-electron chi connectivity index (χ1n) is 5.64. The number of halogens is 2. The van der Waals surface area contributed by atoms with Crippen LogP contribution in [0, 0.1) is 0 Å². The van der Waals surface area contributed by atoms with Crippen molar-refractivity contribution in [2.75, 3.05) is 5.33 Å². The Morgan fingerprint density at radius 3 is 2.38 bits per heavy atom. The highest BCUT2D eigenvalue weighted by molar-refractivity contribution is 9.10. The maximum atomic E-state index is 6.00. The lowest BCUT2D eigenvalue weighted by atomic mass is 10.1. The molecule has 0 aliphatic carbocycles. The second kappa shape index (κ2) is 7.46. The zero-order chi connectivity index (χ0) is 12.0. The summed E-state index contributed by atoms with van der Waals surface area (Å²) in [4.78, 5) is 0. The number of ether oxygens (including phenoxy) is 1. The van der Waals surface area contributed by atoms with Crippen LogP contribution in [0.3, 0.4) is 0 Å². The molecule has 0 aliphatic rings. The van der Waals surface area contributed by atoms with E-state index in [0.717, 1.165) is 22.6 Å². The van der Waals surface area contributed by atoms with Crippen LogP contribution in [0.5, 0.6) is 0 Å². The van der Waals surface area contributed by atoms with Gasteiger partial charge in [-0.25, -0.2) is 0 Å². The van der Waals surface area contributed by atoms with E-state index in [1.807, 2.05) is 0 Å². The molecule has 0 N–H and O–H groups in total. The maximum absolute atomic E-state index is 6.00. The van der Waals surface area contributed by atoms with E-state index < -0.39 is 0 Å². The van der Waals surface area contributed by atoms with Crippen LogP contribution >= 0.6 is 31.9 Å². The summed E-state index contributed by atoms with van der Waals surface area (Å²) in [5.41, 5.74) is 1.23. The molecule has 0 radical (unpaired) electrons. The summed E-state index contributed by atoms with van der Waals surface area (Å²) in [6.45, 7) is 4.32. The summed E-state index contributed by atoms with van der Waals surface area (Å²) in [5, 5.41) is 0.836. The zero-order valence-corrected chi connectivity index (χ0v) is 12.9. The van der Waals surface area contributed by atoms with Gasteiger partial charge in [0.1, 0.15) is 0 Å². The fourth-order valence-electron chi connectivity index (χ4n) is 1.64. The van der Waals surface area contributed by atoms with Gasteiger partial charge in [0.25, 0.3) is 0 Å². The molecule has 0 saturated heterocycles. The van der Waals surface area contributed by atoms with E-state index in [1.165, 1.54) is 5.56 Å². The Hall–Kier alpha value is 0.140. The second-order valence-electron chi connectivity index (χ2n) is 3.93. The van der Waals surface area contributed by atoms with E-state index in [1.54, 1.807) is 0 Å². The van der Waals surface area contributed by atoms with Gasteiger partial charge in [0.2, 0.25) is 0 Å². The summed E-state index contributed by atoms with van der Waals surface area (Å²) in [6, 6.07) is 8.32. The van der Waals surface area contributed by atoms with Crippen LogP contribution in [0.1, 0.15) is 38.4 Å². The summed E-state index contributed by atoms with van der Waals surface area (Å²) in [6.07, 6.45) is 2.74. The molecule has 2 atom stereocenters. The van der Waals surface area contributed by atoms with Crippen LogP contribution in [-0.4, -0.2) is 11.4 Å². The van der Waals surface area contributed by atoms with E-state index in [-0.39, 0.29) is 6.10 Å². The van der Waals surface area contributed by atoms with E-state index >= 15 is 0 Å². The Balaban J connectivity index is 2.63. The molecule has 2 unspecified atom stereocenters. The van der Waals surface area contributed by atoms with Gasteiger partial charge in [-0.2, -0.15) is 0 Å². The van der Waals surface area contributed by atoms with Crippen molar-refractivity contribution < 1.29 is 4.74 Å². The first-order valence-corrected chi connectivity index (χ1v) is 7.55. The molecule has 0 amide bonds. The van der Waals surface area contributed by atoms with Gasteiger partial charge in [0.05, 0.1) is 12.2 Å². The van der Waals surface area contributed by atoms with Crippen molar-refractivity contribution in [3.63, 3.8) is 0 Å². The molecule has 0 spiro atoms. The standard InChI is InChI=1S/C13H18Br2O/c1-3-4-10(2)16-13(9-14)11-5-7-12(15)8-6-11/h5-8,10,13H,3-4,9H2,1-2H3. The highest BCUT2D eigenvalue weighted by Gasteiger charge is 2.13. The summed E-state index contributed by atoms with van der Waals surface area (Å²) >= 11 is 6.95. The lowest BCUT2D eigenvalue weighted by Gasteiger charge is -2.21. The largest absolute Gasteiger partial charge is 0.370 e. The summed E-state index contributed by atoms with van der Waals surface area (Å²) in [7, 11) is 0. The lowest BCUT2D eigenvalue weighted by molar-refractivity contribution is 0.00589. The summed E-state index contributed by atoms with van der Waals surface area (Å²) in [5.74, 6) is 0. The van der Waals surface area contributed by atoms with Crippen LogP contribution < -0.4 is 0 Å². The molecule has 0 saturated carbocycles. The quantitative estimate of drug-likeness (QED) is 0.650. The minimum Gasteiger partial charge on any atom is -0.370 e. The highest BCUT2D eigenvalue weighted by Crippen LogP contribution is 2.24. The molecule has 1 aromatic rings. The second-order valence-corrected chi connectivity index (χ2v) is 5.49. The number of rotatable bonds is 6. The molecule has 1 nitrogen and oxygen atoms in total. The molecule has 0 heterocycles. The van der Waals surface area contributed by atoms with E-state index in [2.05, 4.69) is 70.0 Å². The Morgan fingerprint density at radius 1 is 1.25 bits per heavy atom. The third-order valence-electron chi connectivity index (χ3n) is 2.47. The number of hydrogen-bond acceptors (Lipinski definition) is 1. The number of benzene rings is 1. The Morgan fingerprint density at radius 2 is 1.88 bits per heavy atom. The maximum Gasteiger partial charge on any atom is 0.0925 e. The molecule has 0 bridgehead atoms. The van der Waals surface area contributed by atoms with Crippen LogP contribution in [0.2, 0.25) is 0 Å². The van der Waals surface area contributed by atoms with E-state index in [9.17, 15) is 0 Å². The van der Waals surface area contributed by atoms with E-state index in [4.69, 9.17) is 4.74 Å². The van der Waals surface area contributed by atoms with Crippen LogP contribution in [0.4, 0.5) is 0 Å². The molecule has 16 heavy (non-hydrogen) atoms.